The molecule has 0 atom stereocenters. The van der Waals surface area contributed by atoms with E-state index in [4.69, 9.17) is 11.6 Å². The van der Waals surface area contributed by atoms with Crippen molar-refractivity contribution in [2.24, 2.45) is 0 Å². The lowest BCUT2D eigenvalue weighted by molar-refractivity contribution is 0.0593. The minimum Gasteiger partial charge on any atom is -0.464 e. The molecule has 0 fully saturated rings. The standard InChI is InChI=1S/C12H9ClN2O2S/c1-17-12(16)10-6-15-11(7-14-10)18-9-4-2-3-8(13)5-9/h2-7H,1H3. The maximum Gasteiger partial charge on any atom is 0.358 e. The Kier molecular flexibility index (Phi) is 4.17. The van der Waals surface area contributed by atoms with Crippen molar-refractivity contribution in [3.8, 4) is 0 Å². The molecule has 92 valence electrons. The van der Waals surface area contributed by atoms with E-state index >= 15 is 0 Å². The van der Waals surface area contributed by atoms with Gasteiger partial charge >= 0.3 is 5.97 Å². The zero-order valence-electron chi connectivity index (χ0n) is 9.46. The number of hydrogen-bond donors (Lipinski definition) is 0. The zero-order chi connectivity index (χ0) is 13.0. The zero-order valence-corrected chi connectivity index (χ0v) is 11.0. The molecule has 1 aromatic carbocycles. The van der Waals surface area contributed by atoms with Crippen molar-refractivity contribution < 1.29 is 9.53 Å². The number of rotatable bonds is 3. The molecule has 2 rings (SSSR count). The van der Waals surface area contributed by atoms with Crippen molar-refractivity contribution in [2.45, 2.75) is 9.92 Å². The molecule has 0 unspecified atom stereocenters. The maximum absolute atomic E-state index is 11.2. The molecule has 0 amide bonds. The number of esters is 1. The van der Waals surface area contributed by atoms with Crippen molar-refractivity contribution in [1.29, 1.82) is 0 Å². The summed E-state index contributed by atoms with van der Waals surface area (Å²) in [5.74, 6) is -0.498. The highest BCUT2D eigenvalue weighted by molar-refractivity contribution is 7.99. The van der Waals surface area contributed by atoms with Crippen LogP contribution in [-0.2, 0) is 4.74 Å². The van der Waals surface area contributed by atoms with Gasteiger partial charge in [-0.1, -0.05) is 29.4 Å². The fourth-order valence-electron chi connectivity index (χ4n) is 1.23. The quantitative estimate of drug-likeness (QED) is 0.809. The maximum atomic E-state index is 11.2. The first-order valence-corrected chi connectivity index (χ1v) is 6.22. The third-order valence-corrected chi connectivity index (χ3v) is 3.19. The van der Waals surface area contributed by atoms with E-state index in [9.17, 15) is 4.79 Å². The molecule has 0 aliphatic carbocycles. The van der Waals surface area contributed by atoms with E-state index < -0.39 is 5.97 Å². The van der Waals surface area contributed by atoms with Gasteiger partial charge in [0, 0.05) is 9.92 Å². The van der Waals surface area contributed by atoms with E-state index in [-0.39, 0.29) is 5.69 Å². The lowest BCUT2D eigenvalue weighted by Gasteiger charge is -2.02. The number of ether oxygens (including phenoxy) is 1. The van der Waals surface area contributed by atoms with E-state index in [0.29, 0.717) is 10.0 Å². The second-order valence-electron chi connectivity index (χ2n) is 3.29. The second-order valence-corrected chi connectivity index (χ2v) is 4.82. The number of aromatic nitrogens is 2. The normalized spacial score (nSPS) is 10.1. The minimum atomic E-state index is -0.498. The summed E-state index contributed by atoms with van der Waals surface area (Å²) in [6, 6.07) is 7.42. The lowest BCUT2D eigenvalue weighted by atomic mass is 10.4. The van der Waals surface area contributed by atoms with Gasteiger partial charge in [0.05, 0.1) is 19.5 Å². The highest BCUT2D eigenvalue weighted by Gasteiger charge is 2.08. The average molecular weight is 281 g/mol. The smallest absolute Gasteiger partial charge is 0.358 e. The predicted octanol–water partition coefficient (Wildman–Crippen LogP) is 3.07. The molecule has 0 bridgehead atoms. The van der Waals surface area contributed by atoms with Gasteiger partial charge in [-0.25, -0.2) is 14.8 Å². The number of methoxy groups -OCH3 is 1. The lowest BCUT2D eigenvalue weighted by Crippen LogP contribution is -2.04. The molecule has 1 aromatic heterocycles. The summed E-state index contributed by atoms with van der Waals surface area (Å²) in [5.41, 5.74) is 0.188. The van der Waals surface area contributed by atoms with Gasteiger partial charge < -0.3 is 4.74 Å². The van der Waals surface area contributed by atoms with Crippen LogP contribution in [0.3, 0.4) is 0 Å². The molecule has 1 heterocycles. The van der Waals surface area contributed by atoms with Crippen LogP contribution in [0.25, 0.3) is 0 Å². The Labute approximate surface area is 113 Å². The topological polar surface area (TPSA) is 52.1 Å². The van der Waals surface area contributed by atoms with Gasteiger partial charge in [0.25, 0.3) is 0 Å². The number of hydrogen-bond acceptors (Lipinski definition) is 5. The van der Waals surface area contributed by atoms with E-state index in [1.54, 1.807) is 6.07 Å². The number of carbonyl (C=O) groups is 1. The van der Waals surface area contributed by atoms with E-state index in [0.717, 1.165) is 4.90 Å². The Morgan fingerprint density at radius 3 is 2.78 bits per heavy atom. The van der Waals surface area contributed by atoms with Gasteiger partial charge in [-0.3, -0.25) is 0 Å². The first-order valence-electron chi connectivity index (χ1n) is 5.03. The van der Waals surface area contributed by atoms with Crippen LogP contribution < -0.4 is 0 Å². The fraction of sp³-hybridized carbons (Fsp3) is 0.0833. The molecule has 0 saturated carbocycles. The predicted molar refractivity (Wildman–Crippen MR) is 68.9 cm³/mol. The molecule has 18 heavy (non-hydrogen) atoms. The van der Waals surface area contributed by atoms with Crippen LogP contribution in [0.1, 0.15) is 10.5 Å². The SMILES string of the molecule is COC(=O)c1cnc(Sc2cccc(Cl)c2)cn1. The molecular formula is C12H9ClN2O2S. The summed E-state index contributed by atoms with van der Waals surface area (Å²) >= 11 is 7.31. The third kappa shape index (κ3) is 3.21. The van der Waals surface area contributed by atoms with E-state index in [1.807, 2.05) is 18.2 Å². The van der Waals surface area contributed by atoms with Crippen molar-refractivity contribution >= 4 is 29.3 Å². The van der Waals surface area contributed by atoms with Crippen LogP contribution in [0.2, 0.25) is 5.02 Å². The monoisotopic (exact) mass is 280 g/mol. The second kappa shape index (κ2) is 5.84. The van der Waals surface area contributed by atoms with E-state index in [1.165, 1.54) is 31.3 Å². The summed E-state index contributed by atoms with van der Waals surface area (Å²) in [6.07, 6.45) is 2.91. The summed E-state index contributed by atoms with van der Waals surface area (Å²) < 4.78 is 4.54. The average Bonchev–Trinajstić information content (AvgIpc) is 2.39. The molecule has 0 saturated heterocycles. The molecule has 0 aliphatic rings. The van der Waals surface area contributed by atoms with Gasteiger partial charge in [-0.2, -0.15) is 0 Å². The molecule has 6 heteroatoms. The van der Waals surface area contributed by atoms with Gasteiger partial charge in [0.2, 0.25) is 0 Å². The Bertz CT molecular complexity index is 560. The number of halogens is 1. The Hall–Kier alpha value is -1.59. The van der Waals surface area contributed by atoms with Gasteiger partial charge in [-0.15, -0.1) is 0 Å². The first kappa shape index (κ1) is 12.9. The largest absolute Gasteiger partial charge is 0.464 e. The summed E-state index contributed by atoms with van der Waals surface area (Å²) in [4.78, 5) is 20.2. The number of benzene rings is 1. The van der Waals surface area contributed by atoms with Crippen molar-refractivity contribution in [1.82, 2.24) is 9.97 Å². The summed E-state index contributed by atoms with van der Waals surface area (Å²) in [5, 5.41) is 1.35. The van der Waals surface area contributed by atoms with E-state index in [2.05, 4.69) is 14.7 Å². The van der Waals surface area contributed by atoms with Gasteiger partial charge in [0.15, 0.2) is 5.69 Å². The third-order valence-electron chi connectivity index (χ3n) is 2.04. The highest BCUT2D eigenvalue weighted by Crippen LogP contribution is 2.27. The first-order chi connectivity index (χ1) is 8.69. The summed E-state index contributed by atoms with van der Waals surface area (Å²) in [6.45, 7) is 0. The molecule has 0 radical (unpaired) electrons. The molecule has 2 aromatic rings. The van der Waals surface area contributed by atoms with Crippen molar-refractivity contribution in [3.63, 3.8) is 0 Å². The molecule has 4 nitrogen and oxygen atoms in total. The molecule has 0 N–H and O–H groups in total. The van der Waals surface area contributed by atoms with Crippen LogP contribution in [0.5, 0.6) is 0 Å². The van der Waals surface area contributed by atoms with Crippen LogP contribution in [0.4, 0.5) is 0 Å². The van der Waals surface area contributed by atoms with Crippen LogP contribution in [0, 0.1) is 0 Å². The highest BCUT2D eigenvalue weighted by atomic mass is 35.5. The van der Waals surface area contributed by atoms with Gasteiger partial charge in [0.1, 0.15) is 5.03 Å². The number of carbonyl (C=O) groups excluding carboxylic acids is 1. The minimum absolute atomic E-state index is 0.188. The Morgan fingerprint density at radius 2 is 2.17 bits per heavy atom. The van der Waals surface area contributed by atoms with Gasteiger partial charge in [-0.05, 0) is 18.2 Å². The van der Waals surface area contributed by atoms with Crippen LogP contribution in [-0.4, -0.2) is 23.0 Å². The molecule has 0 aliphatic heterocycles. The van der Waals surface area contributed by atoms with Crippen LogP contribution in [0.15, 0.2) is 46.6 Å². The van der Waals surface area contributed by atoms with Crippen molar-refractivity contribution in [3.05, 3.63) is 47.4 Å². The van der Waals surface area contributed by atoms with Crippen LogP contribution >= 0.6 is 23.4 Å². The molecular weight excluding hydrogens is 272 g/mol. The van der Waals surface area contributed by atoms with Crippen molar-refractivity contribution in [2.75, 3.05) is 7.11 Å². The summed E-state index contributed by atoms with van der Waals surface area (Å²) in [7, 11) is 1.30. The Balaban J connectivity index is 2.13. The fourth-order valence-corrected chi connectivity index (χ4v) is 2.27. The number of nitrogens with zero attached hydrogens (tertiary/aromatic N) is 2. The Morgan fingerprint density at radius 1 is 1.33 bits per heavy atom. The molecule has 0 spiro atoms.